The van der Waals surface area contributed by atoms with Gasteiger partial charge in [0, 0.05) is 5.69 Å². The summed E-state index contributed by atoms with van der Waals surface area (Å²) < 4.78 is 25.0. The molecule has 2 fully saturated rings. The van der Waals surface area contributed by atoms with Gasteiger partial charge < -0.3 is 14.4 Å². The highest BCUT2D eigenvalue weighted by atomic mass is 19.1. The Kier molecular flexibility index (Phi) is 4.29. The van der Waals surface area contributed by atoms with Gasteiger partial charge in [-0.25, -0.2) is 4.39 Å². The molecule has 2 aromatic rings. The number of carbonyl (C=O) groups excluding carboxylic acids is 1. The van der Waals surface area contributed by atoms with Crippen molar-refractivity contribution in [2.45, 2.75) is 38.2 Å². The lowest BCUT2D eigenvalue weighted by Crippen LogP contribution is -2.62. The zero-order valence-electron chi connectivity index (χ0n) is 14.9. The first-order chi connectivity index (χ1) is 12.5. The Bertz CT molecular complexity index is 791. The molecule has 0 unspecified atom stereocenters. The molecule has 0 saturated carbocycles. The molecule has 4 rings (SSSR count). The van der Waals surface area contributed by atoms with E-state index in [1.165, 1.54) is 12.1 Å². The van der Waals surface area contributed by atoms with Crippen LogP contribution in [0.1, 0.15) is 31.9 Å². The van der Waals surface area contributed by atoms with Crippen LogP contribution in [0.5, 0.6) is 0 Å². The molecule has 0 aromatic heterocycles. The number of ether oxygens (including phenoxy) is 2. The fraction of sp³-hybridized carbons (Fsp3) is 0.381. The van der Waals surface area contributed by atoms with Crippen molar-refractivity contribution in [3.8, 4) is 0 Å². The second-order valence-corrected chi connectivity index (χ2v) is 7.26. The number of β-lactam (4-membered cyclic amide) rings is 1. The third-order valence-electron chi connectivity index (χ3n) is 5.07. The first-order valence-corrected chi connectivity index (χ1v) is 8.92. The van der Waals surface area contributed by atoms with Crippen molar-refractivity contribution in [3.63, 3.8) is 0 Å². The summed E-state index contributed by atoms with van der Waals surface area (Å²) in [5.74, 6) is -1.27. The lowest BCUT2D eigenvalue weighted by Gasteiger charge is -2.52. The van der Waals surface area contributed by atoms with Crippen LogP contribution in [0.3, 0.4) is 0 Å². The van der Waals surface area contributed by atoms with E-state index in [0.29, 0.717) is 18.7 Å². The number of amides is 1. The minimum absolute atomic E-state index is 0.00756. The van der Waals surface area contributed by atoms with Crippen molar-refractivity contribution in [1.29, 1.82) is 0 Å². The van der Waals surface area contributed by atoms with Gasteiger partial charge >= 0.3 is 0 Å². The van der Waals surface area contributed by atoms with E-state index in [0.717, 1.165) is 5.56 Å². The van der Waals surface area contributed by atoms with Gasteiger partial charge in [0.25, 0.3) is 0 Å². The summed E-state index contributed by atoms with van der Waals surface area (Å²) in [6.07, 6.45) is 0.480. The smallest absolute Gasteiger partial charge is 0.235 e. The molecule has 2 aliphatic rings. The quantitative estimate of drug-likeness (QED) is 0.779. The minimum Gasteiger partial charge on any atom is -0.350 e. The second-order valence-electron chi connectivity index (χ2n) is 7.26. The van der Waals surface area contributed by atoms with Crippen molar-refractivity contribution in [1.82, 2.24) is 0 Å². The zero-order chi connectivity index (χ0) is 18.3. The van der Waals surface area contributed by atoms with Crippen molar-refractivity contribution >= 4 is 11.6 Å². The molecule has 2 aliphatic heterocycles. The first-order valence-electron chi connectivity index (χ1n) is 8.92. The number of hydrogen-bond acceptors (Lipinski definition) is 3. The standard InChI is InChI=1S/C21H22FNO3/c1-21(2)25-13-12-17(26-21)18-19(14-6-4-3-5-7-14)23(20(18)24)16-10-8-15(22)9-11-16/h3-11,17-19H,12-13H2,1-2H3/t17-,18-,19+/m0/s1. The maximum absolute atomic E-state index is 13.3. The van der Waals surface area contributed by atoms with E-state index in [1.807, 2.05) is 44.2 Å². The summed E-state index contributed by atoms with van der Waals surface area (Å²) in [7, 11) is 0. The molecule has 0 bridgehead atoms. The summed E-state index contributed by atoms with van der Waals surface area (Å²) in [5, 5.41) is 0. The van der Waals surface area contributed by atoms with Gasteiger partial charge in [-0.05, 0) is 50.1 Å². The van der Waals surface area contributed by atoms with Gasteiger partial charge in [-0.2, -0.15) is 0 Å². The minimum atomic E-state index is -0.694. The van der Waals surface area contributed by atoms with Crippen LogP contribution >= 0.6 is 0 Å². The van der Waals surface area contributed by atoms with E-state index in [1.54, 1.807) is 17.0 Å². The molecule has 1 amide bonds. The lowest BCUT2D eigenvalue weighted by molar-refractivity contribution is -0.284. The Morgan fingerprint density at radius 2 is 1.77 bits per heavy atom. The third kappa shape index (κ3) is 3.02. The summed E-state index contributed by atoms with van der Waals surface area (Å²) in [6.45, 7) is 4.31. The second kappa shape index (κ2) is 6.49. The highest BCUT2D eigenvalue weighted by molar-refractivity contribution is 6.03. The normalized spacial score (nSPS) is 27.9. The number of rotatable bonds is 3. The summed E-state index contributed by atoms with van der Waals surface area (Å²) in [5.41, 5.74) is 1.75. The summed E-state index contributed by atoms with van der Waals surface area (Å²) in [6, 6.07) is 15.8. The van der Waals surface area contributed by atoms with E-state index in [2.05, 4.69) is 0 Å². The van der Waals surface area contributed by atoms with Crippen molar-refractivity contribution in [2.75, 3.05) is 11.5 Å². The van der Waals surface area contributed by atoms with E-state index < -0.39 is 5.79 Å². The molecule has 0 aliphatic carbocycles. The van der Waals surface area contributed by atoms with Crippen LogP contribution in [0.15, 0.2) is 54.6 Å². The van der Waals surface area contributed by atoms with Gasteiger partial charge in [-0.3, -0.25) is 4.79 Å². The molecule has 136 valence electrons. The van der Waals surface area contributed by atoms with Gasteiger partial charge in [-0.1, -0.05) is 30.3 Å². The number of anilines is 1. The molecule has 0 radical (unpaired) electrons. The molecule has 26 heavy (non-hydrogen) atoms. The molecule has 4 nitrogen and oxygen atoms in total. The Balaban J connectivity index is 1.68. The highest BCUT2D eigenvalue weighted by Gasteiger charge is 2.54. The number of halogens is 1. The Hall–Kier alpha value is -2.24. The molecular weight excluding hydrogens is 333 g/mol. The summed E-state index contributed by atoms with van der Waals surface area (Å²) >= 11 is 0. The maximum atomic E-state index is 13.3. The van der Waals surface area contributed by atoms with Crippen LogP contribution in [-0.4, -0.2) is 24.4 Å². The largest absolute Gasteiger partial charge is 0.350 e. The van der Waals surface area contributed by atoms with Crippen LogP contribution in [0.2, 0.25) is 0 Å². The van der Waals surface area contributed by atoms with Crippen molar-refractivity contribution in [3.05, 3.63) is 66.0 Å². The predicted molar refractivity (Wildman–Crippen MR) is 96.1 cm³/mol. The van der Waals surface area contributed by atoms with Crippen LogP contribution in [-0.2, 0) is 14.3 Å². The monoisotopic (exact) mass is 355 g/mol. The van der Waals surface area contributed by atoms with Gasteiger partial charge in [0.2, 0.25) is 5.91 Å². The molecule has 0 spiro atoms. The average Bonchev–Trinajstić information content (AvgIpc) is 2.61. The van der Waals surface area contributed by atoms with Crippen LogP contribution < -0.4 is 4.90 Å². The van der Waals surface area contributed by atoms with Crippen molar-refractivity contribution in [2.24, 2.45) is 5.92 Å². The number of nitrogens with zero attached hydrogens (tertiary/aromatic N) is 1. The average molecular weight is 355 g/mol. The Morgan fingerprint density at radius 3 is 2.42 bits per heavy atom. The number of hydrogen-bond donors (Lipinski definition) is 0. The number of benzene rings is 2. The molecule has 2 saturated heterocycles. The fourth-order valence-electron chi connectivity index (χ4n) is 3.90. The highest BCUT2D eigenvalue weighted by Crippen LogP contribution is 2.47. The van der Waals surface area contributed by atoms with E-state index in [4.69, 9.17) is 9.47 Å². The summed E-state index contributed by atoms with van der Waals surface area (Å²) in [4.78, 5) is 14.8. The number of carbonyl (C=O) groups is 1. The van der Waals surface area contributed by atoms with Crippen LogP contribution in [0.25, 0.3) is 0 Å². The predicted octanol–water partition coefficient (Wildman–Crippen LogP) is 4.07. The lowest BCUT2D eigenvalue weighted by atomic mass is 9.77. The van der Waals surface area contributed by atoms with Gasteiger partial charge in [0.15, 0.2) is 5.79 Å². The van der Waals surface area contributed by atoms with Crippen molar-refractivity contribution < 1.29 is 18.7 Å². The van der Waals surface area contributed by atoms with Gasteiger partial charge in [0.1, 0.15) is 5.82 Å². The molecule has 2 aromatic carbocycles. The van der Waals surface area contributed by atoms with E-state index >= 15 is 0 Å². The Morgan fingerprint density at radius 1 is 1.08 bits per heavy atom. The Labute approximate surface area is 152 Å². The SMILES string of the molecule is CC1(C)OCC[C@@H]([C@@H]2C(=O)N(c3ccc(F)cc3)[C@@H]2c2ccccc2)O1. The fourth-order valence-corrected chi connectivity index (χ4v) is 3.90. The third-order valence-corrected chi connectivity index (χ3v) is 5.07. The van der Waals surface area contributed by atoms with E-state index in [9.17, 15) is 9.18 Å². The topological polar surface area (TPSA) is 38.8 Å². The molecular formula is C21H22FNO3. The van der Waals surface area contributed by atoms with Crippen LogP contribution in [0, 0.1) is 11.7 Å². The van der Waals surface area contributed by atoms with Crippen LogP contribution in [0.4, 0.5) is 10.1 Å². The molecule has 2 heterocycles. The maximum Gasteiger partial charge on any atom is 0.235 e. The molecule has 5 heteroatoms. The molecule has 3 atom stereocenters. The molecule has 0 N–H and O–H groups in total. The van der Waals surface area contributed by atoms with Gasteiger partial charge in [0.05, 0.1) is 24.7 Å². The van der Waals surface area contributed by atoms with E-state index in [-0.39, 0.29) is 29.8 Å². The first kappa shape index (κ1) is 17.2. The van der Waals surface area contributed by atoms with Gasteiger partial charge in [-0.15, -0.1) is 0 Å². The zero-order valence-corrected chi connectivity index (χ0v) is 14.9.